The predicted octanol–water partition coefficient (Wildman–Crippen LogP) is 21.3. The molecular weight excluding hydrogens is 1560 g/mol. The van der Waals surface area contributed by atoms with Crippen molar-refractivity contribution >= 4 is 43.5 Å². The lowest BCUT2D eigenvalue weighted by atomic mass is 9.95. The lowest BCUT2D eigenvalue weighted by Gasteiger charge is -2.46. The number of aliphatic hydroxyl groups is 5. The van der Waals surface area contributed by atoms with Gasteiger partial charge in [-0.05, 0) is 51.4 Å². The number of hydrogen-bond donors (Lipinski definition) is 9. The van der Waals surface area contributed by atoms with Crippen LogP contribution in [0.15, 0.2) is 0 Å². The van der Waals surface area contributed by atoms with Gasteiger partial charge in [0, 0.05) is 12.8 Å². The number of rotatable bonds is 84. The molecule has 24 nitrogen and oxygen atoms in total. The molecule has 2 heterocycles. The molecule has 121 heavy (non-hydrogen) atoms. The van der Waals surface area contributed by atoms with Gasteiger partial charge in [-0.15, -0.1) is 0 Å². The van der Waals surface area contributed by atoms with Gasteiger partial charge in [0.2, 0.25) is 11.8 Å². The van der Waals surface area contributed by atoms with Gasteiger partial charge >= 0.3 is 31.7 Å². The maximum atomic E-state index is 15.1. The topological polar surface area (TPSA) is 359 Å². The van der Waals surface area contributed by atoms with Gasteiger partial charge in [0.15, 0.2) is 24.8 Å². The molecule has 712 valence electrons. The highest BCUT2D eigenvalue weighted by Crippen LogP contribution is 2.43. The molecule has 0 spiro atoms. The second kappa shape index (κ2) is 76.6. The Kier molecular flexibility index (Phi) is 72.0. The van der Waals surface area contributed by atoms with Crippen LogP contribution < -0.4 is 10.6 Å². The van der Waals surface area contributed by atoms with Crippen molar-refractivity contribution in [3.8, 4) is 0 Å². The van der Waals surface area contributed by atoms with Crippen LogP contribution in [0, 0.1) is 0 Å². The molecule has 9 N–H and O–H groups in total. The SMILES string of the molecule is CCCCCCCCCCCCCC(=O)O[C@H](CCCCCCCCCCC)CC(=O)N[C@H]1[C@H](OC[C@H]2O[C@H](O)[C@H](NC(=O)C[C@H](O)CCCCCCCCCCC)[C@@H](OC(=O)C[C@H](O)CCCCCCCCCCC)[C@@H]2O)O[C@H](CO)[C@@H](OP(=O)(O)O)[C@@H]1OC(=O)C[C@@H](CCCCCCCCCCC)OC(=O)CCCCCCCCCCCCC. The van der Waals surface area contributed by atoms with E-state index in [0.717, 1.165) is 199 Å². The lowest BCUT2D eigenvalue weighted by Crippen LogP contribution is -2.68. The van der Waals surface area contributed by atoms with Gasteiger partial charge in [-0.1, -0.05) is 388 Å². The third-order valence-electron chi connectivity index (χ3n) is 24.1. The zero-order chi connectivity index (χ0) is 88.6. The molecule has 2 amide bonds. The fourth-order valence-electron chi connectivity index (χ4n) is 16.7. The summed E-state index contributed by atoms with van der Waals surface area (Å²) in [6.45, 7) is 11.3. The number of phosphoric acid groups is 1. The highest BCUT2D eigenvalue weighted by Gasteiger charge is 2.54. The first-order chi connectivity index (χ1) is 58.6. The first kappa shape index (κ1) is 114. The molecule has 25 heteroatoms. The minimum absolute atomic E-state index is 0.111. The van der Waals surface area contributed by atoms with E-state index in [1.165, 1.54) is 135 Å². The van der Waals surface area contributed by atoms with Crippen molar-refractivity contribution in [1.29, 1.82) is 0 Å². The van der Waals surface area contributed by atoms with Crippen LogP contribution >= 0.6 is 7.82 Å². The Morgan fingerprint density at radius 2 is 0.653 bits per heavy atom. The van der Waals surface area contributed by atoms with Gasteiger partial charge in [-0.3, -0.25) is 33.3 Å². The highest BCUT2D eigenvalue weighted by atomic mass is 31.2. The quantitative estimate of drug-likeness (QED) is 0.0118. The number of phosphoric ester groups is 1. The summed E-state index contributed by atoms with van der Waals surface area (Å²) in [6, 6.07) is -3.47. The average molecular weight is 1750 g/mol. The maximum Gasteiger partial charge on any atom is 0.470 e. The number of aliphatic hydroxyl groups excluding tert-OH is 5. The van der Waals surface area contributed by atoms with E-state index in [-0.39, 0.29) is 25.7 Å². The minimum atomic E-state index is -5.62. The van der Waals surface area contributed by atoms with Crippen molar-refractivity contribution in [3.63, 3.8) is 0 Å². The molecule has 14 atom stereocenters. The number of hydrogen-bond acceptors (Lipinski definition) is 20. The Balaban J connectivity index is 2.73. The van der Waals surface area contributed by atoms with E-state index in [1.54, 1.807) is 0 Å². The van der Waals surface area contributed by atoms with Gasteiger partial charge in [0.05, 0.1) is 51.1 Å². The number of carbonyl (C=O) groups is 6. The van der Waals surface area contributed by atoms with Gasteiger partial charge < -0.3 is 79.1 Å². The molecule has 0 aromatic carbocycles. The van der Waals surface area contributed by atoms with E-state index in [2.05, 4.69) is 52.2 Å². The van der Waals surface area contributed by atoms with Crippen molar-refractivity contribution in [3.05, 3.63) is 0 Å². The van der Waals surface area contributed by atoms with E-state index in [0.29, 0.717) is 51.4 Å². The third kappa shape index (κ3) is 60.9. The van der Waals surface area contributed by atoms with E-state index < -0.39 is 168 Å². The number of nitrogens with one attached hydrogen (secondary N) is 2. The van der Waals surface area contributed by atoms with Crippen molar-refractivity contribution in [1.82, 2.24) is 10.6 Å². The Morgan fingerprint density at radius 3 is 1.02 bits per heavy atom. The number of ether oxygens (including phenoxy) is 7. The van der Waals surface area contributed by atoms with Crippen LogP contribution in [0.4, 0.5) is 0 Å². The summed E-state index contributed by atoms with van der Waals surface area (Å²) in [5.74, 6) is -4.55. The van der Waals surface area contributed by atoms with Crippen LogP contribution in [-0.2, 0) is 71.0 Å². The predicted molar refractivity (Wildman–Crippen MR) is 479 cm³/mol. The van der Waals surface area contributed by atoms with Crippen molar-refractivity contribution in [2.45, 2.75) is 564 Å². The highest BCUT2D eigenvalue weighted by molar-refractivity contribution is 7.46. The van der Waals surface area contributed by atoms with Crippen LogP contribution in [-0.4, -0.2) is 170 Å². The van der Waals surface area contributed by atoms with Gasteiger partial charge in [0.1, 0.15) is 48.7 Å². The molecule has 0 aliphatic carbocycles. The van der Waals surface area contributed by atoms with Crippen LogP contribution in [0.2, 0.25) is 0 Å². The molecule has 0 radical (unpaired) electrons. The van der Waals surface area contributed by atoms with Crippen LogP contribution in [0.5, 0.6) is 0 Å². The minimum Gasteiger partial charge on any atom is -0.462 e. The molecule has 0 saturated carbocycles. The van der Waals surface area contributed by atoms with Crippen molar-refractivity contribution in [2.24, 2.45) is 0 Å². The number of esters is 4. The summed E-state index contributed by atoms with van der Waals surface area (Å²) in [6.07, 6.45) is 40.7. The molecule has 2 rings (SSSR count). The van der Waals surface area contributed by atoms with Crippen LogP contribution in [0.1, 0.15) is 478 Å². The van der Waals surface area contributed by atoms with Gasteiger partial charge in [-0.25, -0.2) is 4.57 Å². The van der Waals surface area contributed by atoms with E-state index in [9.17, 15) is 63.9 Å². The number of carbonyl (C=O) groups excluding carboxylic acids is 6. The Hall–Kier alpha value is -3.39. The molecule has 2 aliphatic rings. The standard InChI is InChI=1S/C96H181N2O22P/c1-7-13-19-25-31-37-39-45-51-57-63-69-85(104)114-79(67-61-55-49-43-35-29-23-17-11-5)73-84(103)98-90-94(119-88(107)74-80(68-62-56-50-44-36-30-24-18-12-6)115-86(105)70-64-58-52-46-40-38-32-26-20-14-8-2)92(120-121(110,111)112)81(75-99)117-96(90)113-76-82-91(108)93(118-87(106)72-78(101)66-60-54-48-42-34-28-22-16-10-4)89(95(109)116-82)97-83(102)71-77(100)65-59-53-47-41-33-27-21-15-9-3/h77-82,89-96,99-101,108-109H,7-76H2,1-6H3,(H,97,102)(H,98,103)(H2,110,111,112)/t77-,78-,79-,80-,81-,82-,89-,90-,91-,92-,93-,94-,95+,96-/m1/s1. The second-order valence-electron chi connectivity index (χ2n) is 35.7. The molecule has 2 aliphatic heterocycles. The molecule has 0 unspecified atom stereocenters. The Labute approximate surface area is 733 Å². The lowest BCUT2D eigenvalue weighted by molar-refractivity contribution is -0.298. The summed E-state index contributed by atoms with van der Waals surface area (Å²) in [5, 5.41) is 63.3. The van der Waals surface area contributed by atoms with Gasteiger partial charge in [0.25, 0.3) is 0 Å². The fraction of sp³-hybridized carbons (Fsp3) is 0.938. The largest absolute Gasteiger partial charge is 0.470 e. The average Bonchev–Trinajstić information content (AvgIpc) is 0.777. The first-order valence-electron chi connectivity index (χ1n) is 50.0. The summed E-state index contributed by atoms with van der Waals surface area (Å²) in [5.41, 5.74) is 0. The first-order valence-corrected chi connectivity index (χ1v) is 51.5. The van der Waals surface area contributed by atoms with E-state index >= 15 is 4.79 Å². The van der Waals surface area contributed by atoms with E-state index in [1.807, 2.05) is 0 Å². The number of unbranched alkanes of at least 4 members (excludes halogenated alkanes) is 52. The summed E-state index contributed by atoms with van der Waals surface area (Å²) in [4.78, 5) is 107. The van der Waals surface area contributed by atoms with Crippen LogP contribution in [0.25, 0.3) is 0 Å². The summed E-state index contributed by atoms with van der Waals surface area (Å²) >= 11 is 0. The maximum absolute atomic E-state index is 15.1. The summed E-state index contributed by atoms with van der Waals surface area (Å²) < 4.78 is 61.9. The second-order valence-corrected chi connectivity index (χ2v) is 36.8. The zero-order valence-electron chi connectivity index (χ0n) is 77.3. The normalized spacial score (nSPS) is 20.4. The molecule has 0 aromatic heterocycles. The number of amides is 2. The van der Waals surface area contributed by atoms with Crippen molar-refractivity contribution in [2.75, 3.05) is 13.2 Å². The monoisotopic (exact) mass is 1750 g/mol. The molecular formula is C96H181N2O22P. The third-order valence-corrected chi connectivity index (χ3v) is 24.6. The molecule has 2 fully saturated rings. The molecule has 0 aromatic rings. The molecule has 2 saturated heterocycles. The smallest absolute Gasteiger partial charge is 0.462 e. The molecule has 0 bridgehead atoms. The van der Waals surface area contributed by atoms with E-state index in [4.69, 9.17) is 37.7 Å². The Bertz CT molecular complexity index is 2550. The zero-order valence-corrected chi connectivity index (χ0v) is 78.2. The fourth-order valence-corrected chi connectivity index (χ4v) is 17.3. The van der Waals surface area contributed by atoms with Crippen molar-refractivity contribution < 1.29 is 106 Å². The van der Waals surface area contributed by atoms with Gasteiger partial charge in [-0.2, -0.15) is 0 Å². The van der Waals surface area contributed by atoms with Crippen LogP contribution in [0.3, 0.4) is 0 Å². The Morgan fingerprint density at radius 1 is 0.347 bits per heavy atom. The summed E-state index contributed by atoms with van der Waals surface area (Å²) in [7, 11) is -5.62.